The minimum Gasteiger partial charge on any atom is -0.493 e. The normalized spacial score (nSPS) is 10.7. The number of halogens is 1. The Morgan fingerprint density at radius 3 is 2.71 bits per heavy atom. The average molecular weight is 490 g/mol. The van der Waals surface area contributed by atoms with Crippen LogP contribution in [0.2, 0.25) is 0 Å². The highest BCUT2D eigenvalue weighted by Gasteiger charge is 2.16. The Bertz CT molecular complexity index is 1040. The number of aryl methyl sites for hydroxylation is 1. The van der Waals surface area contributed by atoms with E-state index in [-0.39, 0.29) is 11.5 Å². The lowest BCUT2D eigenvalue weighted by molar-refractivity contribution is 0.0944. The summed E-state index contributed by atoms with van der Waals surface area (Å²) < 4.78 is 17.0. The van der Waals surface area contributed by atoms with Gasteiger partial charge in [0.1, 0.15) is 6.61 Å². The fourth-order valence-corrected chi connectivity index (χ4v) is 3.35. The zero-order valence-electron chi connectivity index (χ0n) is 17.3. The first-order valence-corrected chi connectivity index (χ1v) is 10.4. The second kappa shape index (κ2) is 10.8. The average Bonchev–Trinajstić information content (AvgIpc) is 3.20. The van der Waals surface area contributed by atoms with Crippen LogP contribution in [0.25, 0.3) is 0 Å². The van der Waals surface area contributed by atoms with Crippen LogP contribution in [0.15, 0.2) is 45.5 Å². The number of aromatic nitrogens is 2. The molecule has 0 aliphatic rings. The molecule has 0 atom stereocenters. The summed E-state index contributed by atoms with van der Waals surface area (Å²) in [7, 11) is 1.61. The number of nitrogens with two attached hydrogens (primary N) is 1. The van der Waals surface area contributed by atoms with Crippen molar-refractivity contribution in [3.63, 3.8) is 0 Å². The molecule has 0 aliphatic carbocycles. The van der Waals surface area contributed by atoms with Gasteiger partial charge in [-0.05, 0) is 40.5 Å². The summed E-state index contributed by atoms with van der Waals surface area (Å²) in [5.41, 5.74) is 8.67. The van der Waals surface area contributed by atoms with Crippen molar-refractivity contribution in [1.29, 1.82) is 0 Å². The maximum Gasteiger partial charge on any atom is 0.277 e. The molecular weight excluding hydrogens is 466 g/mol. The van der Waals surface area contributed by atoms with E-state index in [1.54, 1.807) is 7.11 Å². The predicted molar refractivity (Wildman–Crippen MR) is 119 cm³/mol. The minimum absolute atomic E-state index is 0.0255. The number of benzene rings is 2. The van der Waals surface area contributed by atoms with Crippen LogP contribution in [-0.4, -0.2) is 36.4 Å². The van der Waals surface area contributed by atoms with Crippen LogP contribution >= 0.6 is 15.9 Å². The fourth-order valence-electron chi connectivity index (χ4n) is 2.90. The van der Waals surface area contributed by atoms with E-state index in [4.69, 9.17) is 15.2 Å². The number of carbonyl (C=O) groups excluding carboxylic acids is 1. The monoisotopic (exact) mass is 489 g/mol. The van der Waals surface area contributed by atoms with Gasteiger partial charge in [-0.3, -0.25) is 4.79 Å². The van der Waals surface area contributed by atoms with Gasteiger partial charge in [-0.25, -0.2) is 4.63 Å². The molecule has 31 heavy (non-hydrogen) atoms. The number of nitrogens with one attached hydrogen (secondary N) is 2. The molecule has 0 saturated heterocycles. The number of hydrogen-bond acceptors (Lipinski definition) is 8. The Hall–Kier alpha value is -3.11. The maximum atomic E-state index is 12.0. The van der Waals surface area contributed by atoms with Gasteiger partial charge in [-0.2, -0.15) is 0 Å². The van der Waals surface area contributed by atoms with Crippen molar-refractivity contribution in [2.24, 2.45) is 0 Å². The summed E-state index contributed by atoms with van der Waals surface area (Å²) in [6.07, 6.45) is 0. The molecule has 0 bridgehead atoms. The zero-order valence-corrected chi connectivity index (χ0v) is 18.9. The largest absolute Gasteiger partial charge is 0.493 e. The fraction of sp³-hybridized carbons (Fsp3) is 0.286. The first-order valence-electron chi connectivity index (χ1n) is 9.61. The molecule has 0 unspecified atom stereocenters. The lowest BCUT2D eigenvalue weighted by Gasteiger charge is -2.18. The van der Waals surface area contributed by atoms with Gasteiger partial charge in [0.2, 0.25) is 11.5 Å². The van der Waals surface area contributed by atoms with E-state index >= 15 is 0 Å². The highest BCUT2D eigenvalue weighted by atomic mass is 79.9. The van der Waals surface area contributed by atoms with E-state index in [2.05, 4.69) is 54.5 Å². The van der Waals surface area contributed by atoms with Crippen molar-refractivity contribution in [3.05, 3.63) is 63.3 Å². The molecule has 3 aromatic rings. The molecule has 1 aromatic heterocycles. The summed E-state index contributed by atoms with van der Waals surface area (Å²) in [6, 6.07) is 11.9. The third-order valence-electron chi connectivity index (χ3n) is 4.64. The van der Waals surface area contributed by atoms with Crippen molar-refractivity contribution < 1.29 is 18.9 Å². The molecule has 0 aliphatic heterocycles. The molecule has 4 N–H and O–H groups in total. The van der Waals surface area contributed by atoms with Crippen LogP contribution in [0.1, 0.15) is 27.2 Å². The molecule has 164 valence electrons. The number of nitrogen functional groups attached to an aromatic ring is 1. The van der Waals surface area contributed by atoms with Crippen molar-refractivity contribution >= 4 is 27.7 Å². The number of carbonyl (C=O) groups is 1. The SMILES string of the molecule is COc1ccc(Br)c(CNCCNC(=O)c2nonc2N)c1OCc1ccccc1C. The van der Waals surface area contributed by atoms with Crippen LogP contribution in [0.4, 0.5) is 5.82 Å². The lowest BCUT2D eigenvalue weighted by atomic mass is 10.1. The first kappa shape index (κ1) is 22.6. The smallest absolute Gasteiger partial charge is 0.277 e. The molecule has 0 spiro atoms. The Morgan fingerprint density at radius 1 is 1.19 bits per heavy atom. The Kier molecular flexibility index (Phi) is 7.85. The topological polar surface area (TPSA) is 125 Å². The molecular formula is C21H24BrN5O4. The number of anilines is 1. The van der Waals surface area contributed by atoms with E-state index < -0.39 is 5.91 Å². The molecule has 1 amide bonds. The Morgan fingerprint density at radius 2 is 2.00 bits per heavy atom. The predicted octanol–water partition coefficient (Wildman–Crippen LogP) is 2.83. The molecule has 10 heteroatoms. The van der Waals surface area contributed by atoms with E-state index in [9.17, 15) is 4.79 Å². The van der Waals surface area contributed by atoms with Gasteiger partial charge in [0.25, 0.3) is 5.91 Å². The number of methoxy groups -OCH3 is 1. The molecule has 0 radical (unpaired) electrons. The standard InChI is InChI=1S/C21H24BrN5O4/c1-13-5-3-4-6-14(13)12-30-19-15(16(22)7-8-17(19)29-2)11-24-9-10-25-21(28)18-20(23)27-31-26-18/h3-8,24H,9-12H2,1-2H3,(H2,23,27)(H,25,28). The first-order chi connectivity index (χ1) is 15.0. The summed E-state index contributed by atoms with van der Waals surface area (Å²) in [5, 5.41) is 12.9. The van der Waals surface area contributed by atoms with E-state index in [1.165, 1.54) is 0 Å². The summed E-state index contributed by atoms with van der Waals surface area (Å²) in [6.45, 7) is 3.86. The van der Waals surface area contributed by atoms with Crippen molar-refractivity contribution in [3.8, 4) is 11.5 Å². The number of ether oxygens (including phenoxy) is 2. The third kappa shape index (κ3) is 5.74. The summed E-state index contributed by atoms with van der Waals surface area (Å²) >= 11 is 3.59. The molecule has 9 nitrogen and oxygen atoms in total. The van der Waals surface area contributed by atoms with Gasteiger partial charge in [0, 0.05) is 29.7 Å². The van der Waals surface area contributed by atoms with Gasteiger partial charge in [0.05, 0.1) is 7.11 Å². The van der Waals surface area contributed by atoms with E-state index in [1.807, 2.05) is 30.3 Å². The number of rotatable bonds is 10. The van der Waals surface area contributed by atoms with Crippen LogP contribution in [0.3, 0.4) is 0 Å². The molecule has 0 saturated carbocycles. The van der Waals surface area contributed by atoms with Gasteiger partial charge in [-0.15, -0.1) is 0 Å². The second-order valence-electron chi connectivity index (χ2n) is 6.70. The zero-order chi connectivity index (χ0) is 22.2. The van der Waals surface area contributed by atoms with E-state index in [0.29, 0.717) is 37.7 Å². The lowest BCUT2D eigenvalue weighted by Crippen LogP contribution is -2.32. The summed E-state index contributed by atoms with van der Waals surface area (Å²) in [5.74, 6) is 0.834. The van der Waals surface area contributed by atoms with Crippen LogP contribution in [-0.2, 0) is 13.2 Å². The van der Waals surface area contributed by atoms with Gasteiger partial charge >= 0.3 is 0 Å². The quantitative estimate of drug-likeness (QED) is 0.371. The van der Waals surface area contributed by atoms with Gasteiger partial charge in [-0.1, -0.05) is 40.2 Å². The van der Waals surface area contributed by atoms with Crippen LogP contribution in [0, 0.1) is 6.92 Å². The van der Waals surface area contributed by atoms with Gasteiger partial charge < -0.3 is 25.8 Å². The van der Waals surface area contributed by atoms with Crippen LogP contribution in [0.5, 0.6) is 11.5 Å². The molecule has 2 aromatic carbocycles. The van der Waals surface area contributed by atoms with Crippen molar-refractivity contribution in [1.82, 2.24) is 20.9 Å². The Labute approximate surface area is 188 Å². The second-order valence-corrected chi connectivity index (χ2v) is 7.56. The Balaban J connectivity index is 1.60. The van der Waals surface area contributed by atoms with Gasteiger partial charge in [0.15, 0.2) is 11.5 Å². The maximum absolute atomic E-state index is 12.0. The highest BCUT2D eigenvalue weighted by molar-refractivity contribution is 9.10. The van der Waals surface area contributed by atoms with Crippen molar-refractivity contribution in [2.75, 3.05) is 25.9 Å². The number of hydrogen-bond donors (Lipinski definition) is 3. The molecule has 0 fully saturated rings. The molecule has 3 rings (SSSR count). The number of nitrogens with zero attached hydrogens (tertiary/aromatic N) is 2. The summed E-state index contributed by atoms with van der Waals surface area (Å²) in [4.78, 5) is 12.0. The van der Waals surface area contributed by atoms with Crippen LogP contribution < -0.4 is 25.8 Å². The van der Waals surface area contributed by atoms with Crippen molar-refractivity contribution in [2.45, 2.75) is 20.1 Å². The third-order valence-corrected chi connectivity index (χ3v) is 5.38. The van der Waals surface area contributed by atoms with E-state index in [0.717, 1.165) is 21.2 Å². The highest BCUT2D eigenvalue weighted by Crippen LogP contribution is 2.36. The molecule has 1 heterocycles. The minimum atomic E-state index is -0.439. The number of amides is 1.